The van der Waals surface area contributed by atoms with E-state index in [0.717, 1.165) is 13.1 Å². The molecule has 0 aromatic heterocycles. The Balaban J connectivity index is 1.57. The van der Waals surface area contributed by atoms with Crippen molar-refractivity contribution in [2.24, 2.45) is 17.3 Å². The van der Waals surface area contributed by atoms with Crippen LogP contribution in [0.3, 0.4) is 0 Å². The number of ether oxygens (including phenoxy) is 1. The van der Waals surface area contributed by atoms with Gasteiger partial charge < -0.3 is 14.7 Å². The third kappa shape index (κ3) is 2.44. The third-order valence-corrected chi connectivity index (χ3v) is 5.22. The van der Waals surface area contributed by atoms with Gasteiger partial charge in [0.15, 0.2) is 0 Å². The summed E-state index contributed by atoms with van der Waals surface area (Å²) >= 11 is 0. The molecule has 0 aromatic rings. The molecule has 2 aliphatic heterocycles. The summed E-state index contributed by atoms with van der Waals surface area (Å²) < 4.78 is 31.6. The van der Waals surface area contributed by atoms with Gasteiger partial charge in [-0.3, -0.25) is 4.79 Å². The van der Waals surface area contributed by atoms with E-state index >= 15 is 0 Å². The van der Waals surface area contributed by atoms with Crippen molar-refractivity contribution in [3.05, 3.63) is 0 Å². The van der Waals surface area contributed by atoms with Crippen LogP contribution in [0.25, 0.3) is 0 Å². The largest absolute Gasteiger partial charge is 0.481 e. The molecule has 1 N–H and O–H groups in total. The number of halogens is 2. The van der Waals surface area contributed by atoms with Crippen molar-refractivity contribution in [2.45, 2.75) is 31.6 Å². The van der Waals surface area contributed by atoms with Gasteiger partial charge >= 0.3 is 5.97 Å². The van der Waals surface area contributed by atoms with Gasteiger partial charge in [-0.15, -0.1) is 0 Å². The number of likely N-dealkylation sites (tertiary alicyclic amines) is 1. The highest BCUT2D eigenvalue weighted by atomic mass is 19.3. The van der Waals surface area contributed by atoms with Gasteiger partial charge in [0.25, 0.3) is 0 Å². The van der Waals surface area contributed by atoms with Crippen LogP contribution < -0.4 is 0 Å². The van der Waals surface area contributed by atoms with Crippen molar-refractivity contribution in [1.29, 1.82) is 0 Å². The zero-order valence-corrected chi connectivity index (χ0v) is 11.5. The minimum Gasteiger partial charge on any atom is -0.481 e. The zero-order chi connectivity index (χ0) is 14.4. The number of aliphatic carboxylic acids is 1. The van der Waals surface area contributed by atoms with Crippen molar-refractivity contribution in [2.75, 3.05) is 32.8 Å². The van der Waals surface area contributed by atoms with E-state index in [-0.39, 0.29) is 31.3 Å². The Kier molecular flexibility index (Phi) is 3.49. The first-order valence-electron chi connectivity index (χ1n) is 7.33. The van der Waals surface area contributed by atoms with Gasteiger partial charge in [-0.05, 0) is 18.8 Å². The molecule has 1 saturated carbocycles. The lowest BCUT2D eigenvalue weighted by atomic mass is 9.81. The van der Waals surface area contributed by atoms with Crippen LogP contribution in [0.5, 0.6) is 0 Å². The SMILES string of the molecule is O=C(O)[C@]12COC[C@H]1CN(CC1CCC(F)(F)CC1)C2. The molecule has 3 fully saturated rings. The fourth-order valence-corrected chi connectivity index (χ4v) is 3.93. The molecule has 0 spiro atoms. The van der Waals surface area contributed by atoms with Crippen LogP contribution >= 0.6 is 0 Å². The molecule has 0 amide bonds. The maximum atomic E-state index is 13.1. The molecule has 3 rings (SSSR count). The second kappa shape index (κ2) is 4.91. The molecule has 0 unspecified atom stereocenters. The van der Waals surface area contributed by atoms with Crippen molar-refractivity contribution < 1.29 is 23.4 Å². The lowest BCUT2D eigenvalue weighted by Crippen LogP contribution is -2.40. The van der Waals surface area contributed by atoms with E-state index in [1.54, 1.807) is 0 Å². The Bertz CT molecular complexity index is 394. The average molecular weight is 289 g/mol. The van der Waals surface area contributed by atoms with Crippen LogP contribution in [0.1, 0.15) is 25.7 Å². The summed E-state index contributed by atoms with van der Waals surface area (Å²) in [4.78, 5) is 13.7. The first-order chi connectivity index (χ1) is 9.41. The average Bonchev–Trinajstić information content (AvgIpc) is 2.89. The molecule has 2 saturated heterocycles. The first-order valence-corrected chi connectivity index (χ1v) is 7.33. The lowest BCUT2D eigenvalue weighted by Gasteiger charge is -2.31. The van der Waals surface area contributed by atoms with E-state index < -0.39 is 17.3 Å². The standard InChI is InChI=1S/C14H21F2NO3/c15-14(16)3-1-10(2-4-14)5-17-6-11-7-20-9-13(11,8-17)12(18)19/h10-11H,1-9H2,(H,18,19)/t11-,13-/m1/s1. The predicted molar refractivity (Wildman–Crippen MR) is 67.7 cm³/mol. The Morgan fingerprint density at radius 1 is 1.35 bits per heavy atom. The molecule has 0 radical (unpaired) electrons. The van der Waals surface area contributed by atoms with Gasteiger partial charge in [0, 0.05) is 38.4 Å². The summed E-state index contributed by atoms with van der Waals surface area (Å²) in [5.74, 6) is -2.95. The summed E-state index contributed by atoms with van der Waals surface area (Å²) in [6.07, 6.45) is 1.04. The van der Waals surface area contributed by atoms with E-state index in [1.807, 2.05) is 0 Å². The molecule has 0 aromatic carbocycles. The zero-order valence-electron chi connectivity index (χ0n) is 11.5. The highest BCUT2D eigenvalue weighted by molar-refractivity contribution is 5.76. The molecule has 20 heavy (non-hydrogen) atoms. The van der Waals surface area contributed by atoms with Gasteiger partial charge in [0.1, 0.15) is 5.41 Å². The topological polar surface area (TPSA) is 49.8 Å². The van der Waals surface area contributed by atoms with E-state index in [1.165, 1.54) is 0 Å². The molecule has 1 aliphatic carbocycles. The maximum Gasteiger partial charge on any atom is 0.313 e. The number of carbonyl (C=O) groups is 1. The Morgan fingerprint density at radius 3 is 2.65 bits per heavy atom. The van der Waals surface area contributed by atoms with Crippen LogP contribution in [0.2, 0.25) is 0 Å². The fraction of sp³-hybridized carbons (Fsp3) is 0.929. The van der Waals surface area contributed by atoms with Crippen molar-refractivity contribution in [1.82, 2.24) is 4.90 Å². The number of rotatable bonds is 3. The highest BCUT2D eigenvalue weighted by Crippen LogP contribution is 2.43. The molecular formula is C14H21F2NO3. The highest BCUT2D eigenvalue weighted by Gasteiger charge is 2.56. The minimum absolute atomic E-state index is 0.0257. The van der Waals surface area contributed by atoms with E-state index in [4.69, 9.17) is 4.74 Å². The molecule has 3 aliphatic rings. The van der Waals surface area contributed by atoms with Crippen LogP contribution in [-0.2, 0) is 9.53 Å². The van der Waals surface area contributed by atoms with E-state index in [0.29, 0.717) is 26.0 Å². The molecule has 6 heteroatoms. The first kappa shape index (κ1) is 14.2. The van der Waals surface area contributed by atoms with E-state index in [2.05, 4.69) is 4.90 Å². The van der Waals surface area contributed by atoms with Crippen molar-refractivity contribution in [3.8, 4) is 0 Å². The summed E-state index contributed by atoms with van der Waals surface area (Å²) in [5.41, 5.74) is -0.765. The van der Waals surface area contributed by atoms with Gasteiger partial charge in [0.05, 0.1) is 13.2 Å². The number of nitrogens with zero attached hydrogens (tertiary/aromatic N) is 1. The molecule has 2 atom stereocenters. The van der Waals surface area contributed by atoms with Gasteiger partial charge in [-0.2, -0.15) is 0 Å². The molecule has 4 nitrogen and oxygen atoms in total. The minimum atomic E-state index is -2.49. The monoisotopic (exact) mass is 289 g/mol. The summed E-state index contributed by atoms with van der Waals surface area (Å²) in [6.45, 7) is 2.76. The van der Waals surface area contributed by atoms with Crippen LogP contribution in [0, 0.1) is 17.3 Å². The Labute approximate surface area is 117 Å². The Hall–Kier alpha value is -0.750. The number of hydrogen-bond donors (Lipinski definition) is 1. The van der Waals surface area contributed by atoms with Crippen LogP contribution in [-0.4, -0.2) is 54.7 Å². The number of alkyl halides is 2. The number of fused-ring (bicyclic) bond motifs is 1. The van der Waals surface area contributed by atoms with Gasteiger partial charge in [-0.1, -0.05) is 0 Å². The van der Waals surface area contributed by atoms with Gasteiger partial charge in [-0.25, -0.2) is 8.78 Å². The number of carboxylic acid groups (broad SMARTS) is 1. The normalized spacial score (nSPS) is 38.0. The Morgan fingerprint density at radius 2 is 2.05 bits per heavy atom. The van der Waals surface area contributed by atoms with Crippen molar-refractivity contribution >= 4 is 5.97 Å². The van der Waals surface area contributed by atoms with Gasteiger partial charge in [0.2, 0.25) is 5.92 Å². The molecule has 2 heterocycles. The smallest absolute Gasteiger partial charge is 0.313 e. The second-order valence-corrected chi connectivity index (χ2v) is 6.67. The van der Waals surface area contributed by atoms with Crippen LogP contribution in [0.4, 0.5) is 8.78 Å². The molecular weight excluding hydrogens is 268 g/mol. The summed E-state index contributed by atoms with van der Waals surface area (Å²) in [5, 5.41) is 9.46. The van der Waals surface area contributed by atoms with Crippen LogP contribution in [0.15, 0.2) is 0 Å². The maximum absolute atomic E-state index is 13.1. The quantitative estimate of drug-likeness (QED) is 0.861. The summed E-state index contributed by atoms with van der Waals surface area (Å²) in [7, 11) is 0. The molecule has 0 bridgehead atoms. The second-order valence-electron chi connectivity index (χ2n) is 6.67. The lowest BCUT2D eigenvalue weighted by molar-refractivity contribution is -0.149. The number of carboxylic acids is 1. The third-order valence-electron chi connectivity index (χ3n) is 5.22. The van der Waals surface area contributed by atoms with Crippen molar-refractivity contribution in [3.63, 3.8) is 0 Å². The predicted octanol–water partition coefficient (Wildman–Crippen LogP) is 1.84. The fourth-order valence-electron chi connectivity index (χ4n) is 3.93. The van der Waals surface area contributed by atoms with E-state index in [9.17, 15) is 18.7 Å². The molecule has 114 valence electrons. The summed E-state index contributed by atoms with van der Waals surface area (Å²) in [6, 6.07) is 0. The number of hydrogen-bond acceptors (Lipinski definition) is 3.